The second kappa shape index (κ2) is 4.98. The maximum atomic E-state index is 10.6. The molecule has 0 radical (unpaired) electrons. The van der Waals surface area contributed by atoms with E-state index in [0.717, 1.165) is 0 Å². The first-order valence-corrected chi connectivity index (χ1v) is 5.49. The van der Waals surface area contributed by atoms with Crippen LogP contribution >= 0.6 is 16.9 Å². The third kappa shape index (κ3) is 2.30. The van der Waals surface area contributed by atoms with Crippen LogP contribution in [0.25, 0.3) is 0 Å². The maximum Gasteiger partial charge on any atom is 0.161 e. The van der Waals surface area contributed by atoms with Crippen LogP contribution in [0.4, 0.5) is 0 Å². The third-order valence-corrected chi connectivity index (χ3v) is 3.17. The predicted octanol–water partition coefficient (Wildman–Crippen LogP) is 1.70. The van der Waals surface area contributed by atoms with E-state index in [1.54, 1.807) is 7.11 Å². The molecule has 0 aromatic carbocycles. The van der Waals surface area contributed by atoms with Gasteiger partial charge in [-0.15, -0.1) is 0 Å². The largest absolute Gasteiger partial charge is 0.356 e. The van der Waals surface area contributed by atoms with Crippen LogP contribution in [-0.2, 0) is 18.6 Å². The zero-order valence-electron chi connectivity index (χ0n) is 6.67. The normalized spacial score (nSPS) is 36.2. The Bertz CT molecular complexity index is 175. The van der Waals surface area contributed by atoms with E-state index in [-0.39, 0.29) is 35.0 Å². The highest BCUT2D eigenvalue weighted by Gasteiger charge is 2.35. The first-order valence-electron chi connectivity index (χ1n) is 3.61. The van der Waals surface area contributed by atoms with Gasteiger partial charge in [0.2, 0.25) is 0 Å². The van der Waals surface area contributed by atoms with Crippen molar-refractivity contribution < 1.29 is 18.6 Å². The van der Waals surface area contributed by atoms with Crippen molar-refractivity contribution in [3.8, 4) is 0 Å². The molecule has 0 N–H and O–H groups in total. The summed E-state index contributed by atoms with van der Waals surface area (Å²) in [5, 5.41) is 0. The number of rotatable bonds is 4. The van der Waals surface area contributed by atoms with Gasteiger partial charge < -0.3 is 9.47 Å². The lowest BCUT2D eigenvalue weighted by atomic mass is 10.2. The van der Waals surface area contributed by atoms with Crippen molar-refractivity contribution >= 4 is 16.9 Å². The summed E-state index contributed by atoms with van der Waals surface area (Å²) < 4.78 is 31.2. The fourth-order valence-electron chi connectivity index (χ4n) is 1.19. The number of ether oxygens (including phenoxy) is 2. The molecule has 1 rings (SSSR count). The monoisotopic (exact) mass is 208 g/mol. The minimum atomic E-state index is -0.289. The van der Waals surface area contributed by atoms with E-state index in [0.29, 0.717) is 12.6 Å². The Morgan fingerprint density at radius 2 is 2.33 bits per heavy atom. The van der Waals surface area contributed by atoms with Crippen molar-refractivity contribution in [1.82, 2.24) is 0 Å². The molecule has 1 saturated heterocycles. The van der Waals surface area contributed by atoms with Gasteiger partial charge in [-0.25, -0.2) is 0 Å². The van der Waals surface area contributed by atoms with E-state index in [9.17, 15) is 9.13 Å². The molecule has 1 unspecified atom stereocenters. The molecule has 0 bridgehead atoms. The Morgan fingerprint density at radius 3 is 2.83 bits per heavy atom. The second-order valence-electron chi connectivity index (χ2n) is 2.56. The molecular formula is C6H10O4P2. The van der Waals surface area contributed by atoms with E-state index in [4.69, 9.17) is 9.47 Å². The molecule has 6 heteroatoms. The lowest BCUT2D eigenvalue weighted by Crippen LogP contribution is -2.18. The topological polar surface area (TPSA) is 52.6 Å². The highest BCUT2D eigenvalue weighted by molar-refractivity contribution is 7.25. The van der Waals surface area contributed by atoms with Crippen molar-refractivity contribution in [1.29, 1.82) is 0 Å². The van der Waals surface area contributed by atoms with Crippen LogP contribution in [0.1, 0.15) is 6.42 Å². The van der Waals surface area contributed by atoms with E-state index >= 15 is 0 Å². The Kier molecular flexibility index (Phi) is 4.24. The fraction of sp³-hybridized carbons (Fsp3) is 1.00. The van der Waals surface area contributed by atoms with Gasteiger partial charge in [-0.2, -0.15) is 0 Å². The van der Waals surface area contributed by atoms with Gasteiger partial charge in [-0.3, -0.25) is 9.13 Å². The average molecular weight is 208 g/mol. The lowest BCUT2D eigenvalue weighted by Gasteiger charge is -2.09. The second-order valence-corrected chi connectivity index (χ2v) is 4.06. The van der Waals surface area contributed by atoms with E-state index in [1.165, 1.54) is 0 Å². The number of methoxy groups -OCH3 is 1. The van der Waals surface area contributed by atoms with E-state index in [1.807, 2.05) is 0 Å². The summed E-state index contributed by atoms with van der Waals surface area (Å²) in [6.45, 7) is 0. The van der Waals surface area contributed by atoms with Gasteiger partial charge in [0.05, 0.1) is 17.9 Å². The zero-order valence-corrected chi connectivity index (χ0v) is 8.46. The first kappa shape index (κ1) is 10.2. The fourth-order valence-corrected chi connectivity index (χ4v) is 2.41. The minimum Gasteiger partial charge on any atom is -0.356 e. The van der Waals surface area contributed by atoms with Crippen molar-refractivity contribution in [2.45, 2.75) is 24.5 Å². The molecule has 4 nitrogen and oxygen atoms in total. The Hall–Kier alpha value is 0.120. The van der Waals surface area contributed by atoms with Crippen LogP contribution in [0.5, 0.6) is 0 Å². The highest BCUT2D eigenvalue weighted by atomic mass is 31.1. The van der Waals surface area contributed by atoms with E-state index < -0.39 is 0 Å². The van der Waals surface area contributed by atoms with Gasteiger partial charge in [-0.1, -0.05) is 0 Å². The van der Waals surface area contributed by atoms with Crippen molar-refractivity contribution in [3.63, 3.8) is 0 Å². The lowest BCUT2D eigenvalue weighted by molar-refractivity contribution is -0.109. The zero-order chi connectivity index (χ0) is 8.97. The van der Waals surface area contributed by atoms with Crippen molar-refractivity contribution in [3.05, 3.63) is 0 Å². The smallest absolute Gasteiger partial charge is 0.161 e. The van der Waals surface area contributed by atoms with Crippen LogP contribution in [0.15, 0.2) is 0 Å². The van der Waals surface area contributed by atoms with Crippen LogP contribution in [0, 0.1) is 0 Å². The minimum absolute atomic E-state index is 0.0273. The van der Waals surface area contributed by atoms with Gasteiger partial charge >= 0.3 is 0 Å². The molecule has 1 fully saturated rings. The van der Waals surface area contributed by atoms with Gasteiger partial charge in [0.15, 0.2) is 23.2 Å². The number of hydrogen-bond acceptors (Lipinski definition) is 4. The summed E-state index contributed by atoms with van der Waals surface area (Å²) in [7, 11) is 1.62. The Balaban J connectivity index is 2.49. The summed E-state index contributed by atoms with van der Waals surface area (Å²) in [6.07, 6.45) is 0.512. The first-order chi connectivity index (χ1) is 5.81. The molecule has 1 aliphatic heterocycles. The molecule has 0 saturated carbocycles. The van der Waals surface area contributed by atoms with Gasteiger partial charge in [0.1, 0.15) is 0 Å². The summed E-state index contributed by atoms with van der Waals surface area (Å²) in [5.41, 5.74) is -0.0728. The molecule has 1 aliphatic rings. The van der Waals surface area contributed by atoms with Crippen molar-refractivity contribution in [2.75, 3.05) is 13.3 Å². The standard InChI is InChI=1S/C6H10O4P2/c1-9-6-2-5(12-8)4(10-6)3-11-7/h4-6H,2-3H2,1H3/t4-,5+,6?/m1/s1. The molecular weight excluding hydrogens is 198 g/mol. The molecule has 68 valence electrons. The average Bonchev–Trinajstić information content (AvgIpc) is 2.48. The molecule has 12 heavy (non-hydrogen) atoms. The summed E-state index contributed by atoms with van der Waals surface area (Å²) in [5.74, 6) is 0. The highest BCUT2D eigenvalue weighted by Crippen LogP contribution is 2.31. The van der Waals surface area contributed by atoms with Gasteiger partial charge in [-0.05, 0) is 0 Å². The SMILES string of the molecule is COC1C[C@H](P=O)[C@@H](CP=O)O1. The maximum absolute atomic E-state index is 10.6. The van der Waals surface area contributed by atoms with E-state index in [2.05, 4.69) is 0 Å². The molecule has 0 spiro atoms. The molecule has 0 aromatic heterocycles. The van der Waals surface area contributed by atoms with Crippen molar-refractivity contribution in [2.24, 2.45) is 0 Å². The van der Waals surface area contributed by atoms with Gasteiger partial charge in [0, 0.05) is 13.5 Å². The van der Waals surface area contributed by atoms with Crippen LogP contribution in [0.2, 0.25) is 0 Å². The number of hydrogen-bond donors (Lipinski definition) is 0. The summed E-state index contributed by atoms with van der Waals surface area (Å²) in [4.78, 5) is 0. The molecule has 3 atom stereocenters. The predicted molar refractivity (Wildman–Crippen MR) is 44.2 cm³/mol. The molecule has 1 heterocycles. The Labute approximate surface area is 74.0 Å². The summed E-state index contributed by atoms with van der Waals surface area (Å²) in [6, 6.07) is 0. The molecule has 0 aromatic rings. The quantitative estimate of drug-likeness (QED) is 0.659. The van der Waals surface area contributed by atoms with Crippen LogP contribution < -0.4 is 0 Å². The van der Waals surface area contributed by atoms with Crippen LogP contribution in [0.3, 0.4) is 0 Å². The summed E-state index contributed by atoms with van der Waals surface area (Å²) >= 11 is 0. The molecule has 0 aliphatic carbocycles. The molecule has 0 amide bonds. The Morgan fingerprint density at radius 1 is 1.58 bits per heavy atom. The third-order valence-electron chi connectivity index (χ3n) is 1.84. The van der Waals surface area contributed by atoms with Crippen LogP contribution in [-0.4, -0.2) is 31.3 Å². The van der Waals surface area contributed by atoms with Gasteiger partial charge in [0.25, 0.3) is 0 Å².